The topological polar surface area (TPSA) is 41.1 Å². The highest BCUT2D eigenvalue weighted by atomic mass is 16.2. The van der Waals surface area contributed by atoms with Gasteiger partial charge in [0.05, 0.1) is 6.04 Å². The van der Waals surface area contributed by atoms with Crippen LogP contribution in [0.5, 0.6) is 0 Å². The van der Waals surface area contributed by atoms with Gasteiger partial charge in [0.15, 0.2) is 0 Å². The fraction of sp³-hybridized carbons (Fsp3) is 0.562. The summed E-state index contributed by atoms with van der Waals surface area (Å²) in [5.41, 5.74) is 3.81. The number of carbonyl (C=O) groups is 1. The number of hydrogen-bond acceptors (Lipinski definition) is 2. The van der Waals surface area contributed by atoms with E-state index in [1.54, 1.807) is 7.05 Å². The van der Waals surface area contributed by atoms with Gasteiger partial charge in [0.2, 0.25) is 5.91 Å². The number of aryl methyl sites for hydroxylation is 2. The fourth-order valence-corrected chi connectivity index (χ4v) is 2.08. The number of rotatable bonds is 6. The van der Waals surface area contributed by atoms with Gasteiger partial charge in [-0.2, -0.15) is 0 Å². The Morgan fingerprint density at radius 1 is 1.21 bits per heavy atom. The van der Waals surface area contributed by atoms with Gasteiger partial charge in [0.25, 0.3) is 0 Å². The second-order valence-electron chi connectivity index (χ2n) is 5.60. The molecule has 1 atom stereocenters. The van der Waals surface area contributed by atoms with Crippen LogP contribution in [0.25, 0.3) is 0 Å². The lowest BCUT2D eigenvalue weighted by molar-refractivity contribution is -0.123. The maximum atomic E-state index is 11.8. The Morgan fingerprint density at radius 3 is 2.42 bits per heavy atom. The van der Waals surface area contributed by atoms with E-state index < -0.39 is 0 Å². The maximum absolute atomic E-state index is 11.8. The minimum absolute atomic E-state index is 0.0672. The molecule has 0 aromatic heterocycles. The summed E-state index contributed by atoms with van der Waals surface area (Å²) in [7, 11) is 1.69. The standard InChI is InChI=1S/C16H26N2O/c1-11(2)8-15(16(19)17-5)18-10-14-7-6-12(3)13(4)9-14/h6-7,9,11,15,18H,8,10H2,1-5H3,(H,17,19). The lowest BCUT2D eigenvalue weighted by Crippen LogP contribution is -2.43. The Labute approximate surface area is 116 Å². The van der Waals surface area contributed by atoms with Gasteiger partial charge in [-0.1, -0.05) is 32.0 Å². The number of carbonyl (C=O) groups excluding carboxylic acids is 1. The number of likely N-dealkylation sites (N-methyl/N-ethyl adjacent to an activating group) is 1. The minimum Gasteiger partial charge on any atom is -0.358 e. The Bertz CT molecular complexity index is 427. The quantitative estimate of drug-likeness (QED) is 0.827. The molecular formula is C16H26N2O. The van der Waals surface area contributed by atoms with Crippen molar-refractivity contribution >= 4 is 5.91 Å². The van der Waals surface area contributed by atoms with Crippen LogP contribution in [0, 0.1) is 19.8 Å². The highest BCUT2D eigenvalue weighted by Gasteiger charge is 2.17. The predicted octanol–water partition coefficient (Wildman–Crippen LogP) is 2.55. The van der Waals surface area contributed by atoms with Crippen LogP contribution in [0.15, 0.2) is 18.2 Å². The van der Waals surface area contributed by atoms with Gasteiger partial charge in [-0.3, -0.25) is 4.79 Å². The van der Waals surface area contributed by atoms with Gasteiger partial charge in [0.1, 0.15) is 0 Å². The first-order valence-electron chi connectivity index (χ1n) is 6.95. The highest BCUT2D eigenvalue weighted by molar-refractivity contribution is 5.81. The Hall–Kier alpha value is -1.35. The van der Waals surface area contributed by atoms with Crippen molar-refractivity contribution in [1.82, 2.24) is 10.6 Å². The van der Waals surface area contributed by atoms with E-state index in [0.29, 0.717) is 5.92 Å². The first kappa shape index (κ1) is 15.7. The third-order valence-corrected chi connectivity index (χ3v) is 3.39. The lowest BCUT2D eigenvalue weighted by Gasteiger charge is -2.19. The average Bonchev–Trinajstić information content (AvgIpc) is 2.37. The molecule has 0 aliphatic heterocycles. The molecular weight excluding hydrogens is 236 g/mol. The van der Waals surface area contributed by atoms with Crippen LogP contribution in [0.2, 0.25) is 0 Å². The molecule has 0 radical (unpaired) electrons. The number of amides is 1. The molecule has 3 nitrogen and oxygen atoms in total. The van der Waals surface area contributed by atoms with Crippen LogP contribution < -0.4 is 10.6 Å². The third kappa shape index (κ3) is 5.03. The fourth-order valence-electron chi connectivity index (χ4n) is 2.08. The van der Waals surface area contributed by atoms with Crippen LogP contribution in [0.4, 0.5) is 0 Å². The van der Waals surface area contributed by atoms with Gasteiger partial charge < -0.3 is 10.6 Å². The van der Waals surface area contributed by atoms with Crippen molar-refractivity contribution < 1.29 is 4.79 Å². The van der Waals surface area contributed by atoms with Crippen molar-refractivity contribution in [1.29, 1.82) is 0 Å². The van der Waals surface area contributed by atoms with Crippen molar-refractivity contribution in [3.05, 3.63) is 34.9 Å². The van der Waals surface area contributed by atoms with E-state index in [2.05, 4.69) is 56.5 Å². The third-order valence-electron chi connectivity index (χ3n) is 3.39. The number of nitrogens with one attached hydrogen (secondary N) is 2. The SMILES string of the molecule is CNC(=O)C(CC(C)C)NCc1ccc(C)c(C)c1. The van der Waals surface area contributed by atoms with E-state index in [0.717, 1.165) is 13.0 Å². The van der Waals surface area contributed by atoms with E-state index in [1.165, 1.54) is 16.7 Å². The summed E-state index contributed by atoms with van der Waals surface area (Å²) in [4.78, 5) is 11.8. The molecule has 0 bridgehead atoms. The molecule has 2 N–H and O–H groups in total. The molecule has 1 rings (SSSR count). The van der Waals surface area contributed by atoms with Crippen LogP contribution in [0.1, 0.15) is 37.0 Å². The first-order chi connectivity index (χ1) is 8.93. The Morgan fingerprint density at radius 2 is 1.89 bits per heavy atom. The van der Waals surface area contributed by atoms with E-state index >= 15 is 0 Å². The number of hydrogen-bond donors (Lipinski definition) is 2. The van der Waals surface area contributed by atoms with Crippen LogP contribution in [0.3, 0.4) is 0 Å². The Kier molecular flexibility index (Phi) is 6.03. The zero-order valence-corrected chi connectivity index (χ0v) is 12.7. The first-order valence-corrected chi connectivity index (χ1v) is 6.95. The van der Waals surface area contributed by atoms with E-state index in [4.69, 9.17) is 0 Å². The Balaban J connectivity index is 2.64. The molecule has 1 unspecified atom stereocenters. The van der Waals surface area contributed by atoms with Gasteiger partial charge in [0, 0.05) is 13.6 Å². The molecule has 1 aromatic carbocycles. The largest absolute Gasteiger partial charge is 0.358 e. The monoisotopic (exact) mass is 262 g/mol. The van der Waals surface area contributed by atoms with Crippen molar-refractivity contribution in [3.8, 4) is 0 Å². The molecule has 0 heterocycles. The molecule has 0 spiro atoms. The summed E-state index contributed by atoms with van der Waals surface area (Å²) in [6.45, 7) is 9.22. The molecule has 0 aliphatic carbocycles. The van der Waals surface area contributed by atoms with Crippen molar-refractivity contribution in [2.24, 2.45) is 5.92 Å². The zero-order chi connectivity index (χ0) is 14.4. The maximum Gasteiger partial charge on any atom is 0.236 e. The minimum atomic E-state index is -0.119. The zero-order valence-electron chi connectivity index (χ0n) is 12.7. The molecule has 1 amide bonds. The highest BCUT2D eigenvalue weighted by Crippen LogP contribution is 2.11. The normalized spacial score (nSPS) is 12.5. The predicted molar refractivity (Wildman–Crippen MR) is 80.1 cm³/mol. The van der Waals surface area contributed by atoms with Crippen LogP contribution >= 0.6 is 0 Å². The average molecular weight is 262 g/mol. The van der Waals surface area contributed by atoms with E-state index in [-0.39, 0.29) is 11.9 Å². The lowest BCUT2D eigenvalue weighted by atomic mass is 10.0. The van der Waals surface area contributed by atoms with Crippen molar-refractivity contribution in [3.63, 3.8) is 0 Å². The second kappa shape index (κ2) is 7.29. The number of benzene rings is 1. The van der Waals surface area contributed by atoms with Crippen LogP contribution in [-0.2, 0) is 11.3 Å². The van der Waals surface area contributed by atoms with Gasteiger partial charge >= 0.3 is 0 Å². The summed E-state index contributed by atoms with van der Waals surface area (Å²) >= 11 is 0. The van der Waals surface area contributed by atoms with Gasteiger partial charge in [-0.15, -0.1) is 0 Å². The van der Waals surface area contributed by atoms with Crippen molar-refractivity contribution in [2.75, 3.05) is 7.05 Å². The van der Waals surface area contributed by atoms with E-state index in [1.807, 2.05) is 0 Å². The summed E-state index contributed by atoms with van der Waals surface area (Å²) in [6, 6.07) is 6.31. The van der Waals surface area contributed by atoms with Gasteiger partial charge in [-0.05, 0) is 42.9 Å². The molecule has 0 fully saturated rings. The van der Waals surface area contributed by atoms with E-state index in [9.17, 15) is 4.79 Å². The summed E-state index contributed by atoms with van der Waals surface area (Å²) in [5, 5.41) is 6.08. The molecule has 0 saturated heterocycles. The smallest absolute Gasteiger partial charge is 0.236 e. The summed E-state index contributed by atoms with van der Waals surface area (Å²) in [6.07, 6.45) is 0.852. The summed E-state index contributed by atoms with van der Waals surface area (Å²) in [5.74, 6) is 0.562. The van der Waals surface area contributed by atoms with Crippen molar-refractivity contribution in [2.45, 2.75) is 46.7 Å². The molecule has 0 aliphatic rings. The molecule has 0 saturated carbocycles. The molecule has 1 aromatic rings. The molecule has 106 valence electrons. The second-order valence-corrected chi connectivity index (χ2v) is 5.60. The molecule has 3 heteroatoms. The van der Waals surface area contributed by atoms with Gasteiger partial charge in [-0.25, -0.2) is 0 Å². The molecule has 19 heavy (non-hydrogen) atoms. The summed E-state index contributed by atoms with van der Waals surface area (Å²) < 4.78 is 0. The van der Waals surface area contributed by atoms with Crippen LogP contribution in [-0.4, -0.2) is 19.0 Å².